The lowest BCUT2D eigenvalue weighted by molar-refractivity contribution is -0.135. The fourth-order valence-corrected chi connectivity index (χ4v) is 6.86. The van der Waals surface area contributed by atoms with Gasteiger partial charge in [-0.1, -0.05) is 28.0 Å². The van der Waals surface area contributed by atoms with E-state index in [1.807, 2.05) is 21.6 Å². The Balaban J connectivity index is 1.71. The molecule has 1 atom stereocenters. The molecule has 23 heavy (non-hydrogen) atoms. The topological polar surface area (TPSA) is 26.8 Å². The summed E-state index contributed by atoms with van der Waals surface area (Å²) in [6.45, 7) is 15.0. The van der Waals surface area contributed by atoms with Gasteiger partial charge in [0.25, 0.3) is 0 Å². The number of carbonyl (C=O) groups excluding carboxylic acids is 1. The highest BCUT2D eigenvalue weighted by Crippen LogP contribution is 2.51. The quantitative estimate of drug-likeness (QED) is 0.708. The van der Waals surface area contributed by atoms with Crippen molar-refractivity contribution >= 4 is 27.5 Å². The first-order valence-electron chi connectivity index (χ1n) is 8.91. The van der Waals surface area contributed by atoms with E-state index in [0.29, 0.717) is 12.5 Å². The van der Waals surface area contributed by atoms with Crippen LogP contribution < -0.4 is 0 Å². The maximum atomic E-state index is 13.0. The molecule has 0 aromatic heterocycles. The van der Waals surface area contributed by atoms with Crippen LogP contribution in [-0.4, -0.2) is 75.5 Å². The van der Waals surface area contributed by atoms with Crippen molar-refractivity contribution in [1.82, 2.24) is 14.7 Å². The van der Waals surface area contributed by atoms with Crippen LogP contribution in [0.3, 0.4) is 0 Å². The molecular formula is C17H31N3OS2. The van der Waals surface area contributed by atoms with Gasteiger partial charge in [-0.15, -0.1) is 0 Å². The fraction of sp³-hybridized carbons (Fsp3) is 0.941. The summed E-state index contributed by atoms with van der Waals surface area (Å²) in [4.78, 5) is 20.0. The van der Waals surface area contributed by atoms with Gasteiger partial charge in [0, 0.05) is 24.4 Å². The third-order valence-electron chi connectivity index (χ3n) is 5.08. The lowest BCUT2D eigenvalue weighted by atomic mass is 10.1. The largest absolute Gasteiger partial charge is 0.323 e. The average molecular weight is 358 g/mol. The molecule has 3 aliphatic rings. The minimum absolute atomic E-state index is 0.0620. The molecule has 6 heteroatoms. The average Bonchev–Trinajstić information content (AvgIpc) is 2.87. The summed E-state index contributed by atoms with van der Waals surface area (Å²) in [7, 11) is 3.94. The Hall–Kier alpha value is 0.0900. The Labute approximate surface area is 149 Å². The van der Waals surface area contributed by atoms with Crippen molar-refractivity contribution in [3.63, 3.8) is 0 Å². The molecule has 132 valence electrons. The maximum absolute atomic E-state index is 13.0. The summed E-state index contributed by atoms with van der Waals surface area (Å²) in [6.07, 6.45) is 4.05. The van der Waals surface area contributed by atoms with E-state index in [4.69, 9.17) is 0 Å². The highest BCUT2D eigenvalue weighted by Gasteiger charge is 2.49. The highest BCUT2D eigenvalue weighted by atomic mass is 33.1. The molecule has 3 saturated heterocycles. The summed E-state index contributed by atoms with van der Waals surface area (Å²) in [6, 6.07) is 0. The van der Waals surface area contributed by atoms with Crippen LogP contribution in [-0.2, 0) is 4.79 Å². The van der Waals surface area contributed by atoms with E-state index in [0.717, 1.165) is 32.7 Å². The zero-order chi connectivity index (χ0) is 16.7. The molecule has 0 aromatic carbocycles. The van der Waals surface area contributed by atoms with E-state index in [9.17, 15) is 4.79 Å². The van der Waals surface area contributed by atoms with Crippen LogP contribution in [0.4, 0.5) is 0 Å². The summed E-state index contributed by atoms with van der Waals surface area (Å²) < 4.78 is 0.301. The van der Waals surface area contributed by atoms with E-state index < -0.39 is 0 Å². The number of hydrogen-bond acceptors (Lipinski definition) is 5. The fourth-order valence-electron chi connectivity index (χ4n) is 4.10. The Bertz CT molecular complexity index is 449. The Kier molecular flexibility index (Phi) is 5.27. The molecule has 0 bridgehead atoms. The molecule has 0 radical (unpaired) electrons. The highest BCUT2D eigenvalue weighted by molar-refractivity contribution is 8.77. The number of likely N-dealkylation sites (tertiary alicyclic amines) is 1. The zero-order valence-electron chi connectivity index (χ0n) is 15.0. The van der Waals surface area contributed by atoms with Crippen LogP contribution in [0, 0.1) is 0 Å². The van der Waals surface area contributed by atoms with Crippen molar-refractivity contribution in [1.29, 1.82) is 0 Å². The van der Waals surface area contributed by atoms with Gasteiger partial charge in [0.1, 0.15) is 6.17 Å². The molecule has 0 aromatic rings. The van der Waals surface area contributed by atoms with Gasteiger partial charge >= 0.3 is 0 Å². The molecule has 0 aliphatic carbocycles. The van der Waals surface area contributed by atoms with E-state index >= 15 is 0 Å². The van der Waals surface area contributed by atoms with Gasteiger partial charge in [-0.25, -0.2) is 0 Å². The van der Waals surface area contributed by atoms with Gasteiger partial charge in [0.05, 0.1) is 11.3 Å². The zero-order valence-corrected chi connectivity index (χ0v) is 16.6. The maximum Gasteiger partial charge on any atom is 0.238 e. The molecular weight excluding hydrogens is 326 g/mol. The lowest BCUT2D eigenvalue weighted by Crippen LogP contribution is -2.55. The number of rotatable bonds is 2. The van der Waals surface area contributed by atoms with Crippen LogP contribution in [0.15, 0.2) is 0 Å². The molecule has 0 saturated carbocycles. The van der Waals surface area contributed by atoms with Gasteiger partial charge in [-0.2, -0.15) is 0 Å². The number of nitrogens with zero attached hydrogens (tertiary/aromatic N) is 3. The predicted octanol–water partition coefficient (Wildman–Crippen LogP) is 2.89. The van der Waals surface area contributed by atoms with Crippen molar-refractivity contribution in [3.05, 3.63) is 0 Å². The Morgan fingerprint density at radius 1 is 1.00 bits per heavy atom. The van der Waals surface area contributed by atoms with Gasteiger partial charge < -0.3 is 4.90 Å². The number of hydrogen-bond donors (Lipinski definition) is 0. The van der Waals surface area contributed by atoms with Gasteiger partial charge in [-0.3, -0.25) is 14.6 Å². The number of carbonyl (C=O) groups is 1. The summed E-state index contributed by atoms with van der Waals surface area (Å²) >= 11 is 0. The third kappa shape index (κ3) is 4.02. The minimum atomic E-state index is 0.0620. The van der Waals surface area contributed by atoms with Gasteiger partial charge in [0.15, 0.2) is 0 Å². The monoisotopic (exact) mass is 357 g/mol. The summed E-state index contributed by atoms with van der Waals surface area (Å²) in [5.41, 5.74) is 0. The summed E-state index contributed by atoms with van der Waals surface area (Å²) in [5.74, 6) is 0.331. The van der Waals surface area contributed by atoms with Gasteiger partial charge in [0.2, 0.25) is 5.91 Å². The lowest BCUT2D eigenvalue weighted by Gasteiger charge is -2.40. The molecule has 0 N–H and O–H groups in total. The van der Waals surface area contributed by atoms with Crippen molar-refractivity contribution in [2.75, 3.05) is 39.3 Å². The van der Waals surface area contributed by atoms with Crippen molar-refractivity contribution in [3.8, 4) is 0 Å². The van der Waals surface area contributed by atoms with E-state index in [1.165, 1.54) is 19.3 Å². The van der Waals surface area contributed by atoms with Crippen LogP contribution in [0.2, 0.25) is 0 Å². The molecule has 3 rings (SSSR count). The van der Waals surface area contributed by atoms with Crippen molar-refractivity contribution in [2.45, 2.75) is 62.6 Å². The molecule has 4 nitrogen and oxygen atoms in total. The second-order valence-electron chi connectivity index (χ2n) is 8.30. The third-order valence-corrected chi connectivity index (χ3v) is 9.28. The van der Waals surface area contributed by atoms with Crippen molar-refractivity contribution < 1.29 is 4.79 Å². The number of fused-ring (bicyclic) bond motifs is 1. The van der Waals surface area contributed by atoms with Crippen LogP contribution in [0.5, 0.6) is 0 Å². The molecule has 3 fully saturated rings. The standard InChI is InChI=1S/C17H31N3OS2/c1-16(2)13-19-10-11-20(15(19)17(3,4)23-22-16)14(21)12-18-8-6-5-7-9-18/h15H,5-13H2,1-4H3/t15-/m0/s1. The van der Waals surface area contributed by atoms with E-state index in [2.05, 4.69) is 42.4 Å². The SMILES string of the molecule is CC1(C)CN2CCN(C(=O)CN3CCCCC3)[C@H]2C(C)(C)SS1. The van der Waals surface area contributed by atoms with Crippen LogP contribution in [0.25, 0.3) is 0 Å². The molecule has 1 amide bonds. The minimum Gasteiger partial charge on any atom is -0.323 e. The first-order valence-corrected chi connectivity index (χ1v) is 11.1. The van der Waals surface area contributed by atoms with Crippen LogP contribution in [0.1, 0.15) is 47.0 Å². The Morgan fingerprint density at radius 3 is 2.39 bits per heavy atom. The number of amides is 1. The first kappa shape index (κ1) is 17.9. The first-order chi connectivity index (χ1) is 10.8. The molecule has 0 unspecified atom stereocenters. The molecule has 3 aliphatic heterocycles. The number of piperidine rings is 1. The second-order valence-corrected chi connectivity index (χ2v) is 11.8. The van der Waals surface area contributed by atoms with Crippen molar-refractivity contribution in [2.24, 2.45) is 0 Å². The van der Waals surface area contributed by atoms with E-state index in [-0.39, 0.29) is 15.7 Å². The van der Waals surface area contributed by atoms with Gasteiger partial charge in [-0.05, 0) is 53.6 Å². The second kappa shape index (κ2) is 6.77. The Morgan fingerprint density at radius 2 is 1.70 bits per heavy atom. The summed E-state index contributed by atoms with van der Waals surface area (Å²) in [5, 5.41) is 0. The normalized spacial score (nSPS) is 31.7. The smallest absolute Gasteiger partial charge is 0.238 e. The van der Waals surface area contributed by atoms with Crippen LogP contribution >= 0.6 is 21.6 Å². The molecule has 3 heterocycles. The van der Waals surface area contributed by atoms with E-state index in [1.54, 1.807) is 0 Å². The molecule has 0 spiro atoms. The predicted molar refractivity (Wildman–Crippen MR) is 101 cm³/mol.